The van der Waals surface area contributed by atoms with Gasteiger partial charge in [0.15, 0.2) is 0 Å². The van der Waals surface area contributed by atoms with Gasteiger partial charge < -0.3 is 19.6 Å². The molecule has 6 nitrogen and oxygen atoms in total. The maximum atomic E-state index is 10.2. The van der Waals surface area contributed by atoms with E-state index in [0.717, 1.165) is 112 Å². The molecule has 410 valence electrons. The largest absolute Gasteiger partial charge is 0.311 e. The highest BCUT2D eigenvalue weighted by Gasteiger charge is 2.47. The second kappa shape index (κ2) is 21.7. The predicted octanol–water partition coefficient (Wildman–Crippen LogP) is 19.8. The normalized spacial score (nSPS) is 12.0. The fourth-order valence-corrected chi connectivity index (χ4v) is 14.7. The summed E-state index contributed by atoms with van der Waals surface area (Å²) in [5.74, 6) is 0. The molecule has 0 radical (unpaired) electrons. The van der Waals surface area contributed by atoms with Crippen LogP contribution in [0.15, 0.2) is 309 Å². The molecule has 0 atom stereocenters. The van der Waals surface area contributed by atoms with Crippen molar-refractivity contribution < 1.29 is 0 Å². The van der Waals surface area contributed by atoms with Crippen molar-refractivity contribution in [1.29, 1.82) is 10.5 Å². The van der Waals surface area contributed by atoms with Gasteiger partial charge in [0.05, 0.1) is 40.3 Å². The number of hydrogen-bond donors (Lipinski definition) is 0. The van der Waals surface area contributed by atoms with Crippen molar-refractivity contribution in [2.24, 2.45) is 0 Å². The third kappa shape index (κ3) is 8.70. The zero-order valence-corrected chi connectivity index (χ0v) is 48.4. The van der Waals surface area contributed by atoms with Crippen LogP contribution in [-0.4, -0.2) is 6.71 Å². The van der Waals surface area contributed by atoms with E-state index in [-0.39, 0.29) is 6.71 Å². The summed E-state index contributed by atoms with van der Waals surface area (Å²) < 4.78 is 2.38. The summed E-state index contributed by atoms with van der Waals surface area (Å²) in [7, 11) is 0. The SMILES string of the molecule is N#Cc1ccc(N(c2ccccc2)c2ccc3c(c2)N(c2ccccc2-c2ccccc2)c2cc(-c4ccccc4)cc4c2B3c2c(cc(N(c3ccccc3)c3ccc(C#N)cc3)c3c2sc2ccccc23)N4c2ccccc2-c2ccccc2)cc1. The van der Waals surface area contributed by atoms with Gasteiger partial charge in [0, 0.05) is 82.5 Å². The summed E-state index contributed by atoms with van der Waals surface area (Å²) in [5, 5.41) is 22.5. The van der Waals surface area contributed by atoms with Gasteiger partial charge >= 0.3 is 0 Å². The predicted molar refractivity (Wildman–Crippen MR) is 368 cm³/mol. The highest BCUT2D eigenvalue weighted by molar-refractivity contribution is 7.28. The number of nitriles is 2. The van der Waals surface area contributed by atoms with Gasteiger partial charge in [-0.2, -0.15) is 10.5 Å². The van der Waals surface area contributed by atoms with Crippen molar-refractivity contribution in [3.8, 4) is 45.5 Å². The zero-order valence-electron chi connectivity index (χ0n) is 47.6. The highest BCUT2D eigenvalue weighted by Crippen LogP contribution is 2.54. The fraction of sp³-hybridized carbons (Fsp3) is 0. The number of rotatable bonds is 11. The van der Waals surface area contributed by atoms with E-state index < -0.39 is 0 Å². The minimum Gasteiger partial charge on any atom is -0.311 e. The first-order chi connectivity index (χ1) is 43.6. The summed E-state index contributed by atoms with van der Waals surface area (Å²) in [4.78, 5) is 9.82. The lowest BCUT2D eigenvalue weighted by Crippen LogP contribution is -2.61. The Morgan fingerprint density at radius 3 is 1.32 bits per heavy atom. The third-order valence-corrected chi connectivity index (χ3v) is 18.5. The van der Waals surface area contributed by atoms with E-state index >= 15 is 0 Å². The van der Waals surface area contributed by atoms with E-state index in [9.17, 15) is 10.5 Å². The Hall–Kier alpha value is -11.7. The van der Waals surface area contributed by atoms with Crippen LogP contribution in [0, 0.1) is 22.7 Å². The molecule has 8 heteroatoms. The number of hydrogen-bond acceptors (Lipinski definition) is 7. The lowest BCUT2D eigenvalue weighted by Gasteiger charge is -2.46. The van der Waals surface area contributed by atoms with Crippen molar-refractivity contribution in [2.75, 3.05) is 19.6 Å². The van der Waals surface area contributed by atoms with Crippen molar-refractivity contribution in [1.82, 2.24) is 0 Å². The van der Waals surface area contributed by atoms with Crippen LogP contribution in [0.3, 0.4) is 0 Å². The molecule has 0 fully saturated rings. The van der Waals surface area contributed by atoms with Crippen molar-refractivity contribution in [2.45, 2.75) is 0 Å². The molecular weight excluding hydrogens is 1090 g/mol. The first-order valence-electron chi connectivity index (χ1n) is 29.6. The summed E-state index contributed by atoms with van der Waals surface area (Å²) in [6.45, 7) is -0.293. The Kier molecular flexibility index (Phi) is 12.8. The van der Waals surface area contributed by atoms with Crippen LogP contribution in [0.5, 0.6) is 0 Å². The van der Waals surface area contributed by atoms with Gasteiger partial charge in [-0.3, -0.25) is 0 Å². The number of nitrogens with zero attached hydrogens (tertiary/aromatic N) is 6. The minimum atomic E-state index is -0.293. The monoisotopic (exact) mass is 1140 g/mol. The molecule has 0 bridgehead atoms. The topological polar surface area (TPSA) is 60.5 Å². The van der Waals surface area contributed by atoms with Crippen LogP contribution < -0.4 is 36.0 Å². The molecule has 2 aliphatic heterocycles. The molecule has 14 aromatic rings. The third-order valence-electron chi connectivity index (χ3n) is 17.3. The summed E-state index contributed by atoms with van der Waals surface area (Å²) in [6, 6.07) is 115. The van der Waals surface area contributed by atoms with Gasteiger partial charge in [0.25, 0.3) is 6.71 Å². The Labute approximate surface area is 515 Å². The van der Waals surface area contributed by atoms with E-state index in [1.807, 2.05) is 47.7 Å². The van der Waals surface area contributed by atoms with Gasteiger partial charge in [-0.1, -0.05) is 188 Å². The van der Waals surface area contributed by atoms with Crippen molar-refractivity contribution >= 4 is 123 Å². The number of fused-ring (bicyclic) bond motifs is 8. The molecule has 0 unspecified atom stereocenters. The van der Waals surface area contributed by atoms with Gasteiger partial charge in [0.2, 0.25) is 0 Å². The molecule has 0 aliphatic carbocycles. The average Bonchev–Trinajstić information content (AvgIpc) is 1.02. The van der Waals surface area contributed by atoms with Crippen LogP contribution in [0.1, 0.15) is 11.1 Å². The maximum Gasteiger partial charge on any atom is 0.254 e. The summed E-state index contributed by atoms with van der Waals surface area (Å²) >= 11 is 1.86. The molecule has 2 aliphatic rings. The van der Waals surface area contributed by atoms with E-state index in [0.29, 0.717) is 11.1 Å². The van der Waals surface area contributed by atoms with Crippen LogP contribution in [0.2, 0.25) is 0 Å². The standard InChI is InChI=1S/C80H51BN6S/c82-52-54-38-42-62(43-39-54)84(60-28-12-4-13-29-60)64-46-47-68-71(50-64)86(69-35-19-16-32-65(69)57-24-8-2-9-25-57)73-48-59(56-22-6-1-7-23-56)49-74-78(73)81(68)79-75(87(74)70-36-20-17-33-66(70)58-26-10-3-11-27-58)51-72(77-67-34-18-21-37-76(67)88-80(77)79)85(61-30-14-5-15-31-61)63-44-40-55(53-83)41-45-63/h1-51H. The van der Waals surface area contributed by atoms with E-state index in [1.165, 1.54) is 25.7 Å². The number of benzene rings is 13. The summed E-state index contributed by atoms with van der Waals surface area (Å²) in [5.41, 5.74) is 23.6. The van der Waals surface area contributed by atoms with Crippen LogP contribution in [-0.2, 0) is 0 Å². The minimum absolute atomic E-state index is 0.293. The lowest BCUT2D eigenvalue weighted by atomic mass is 9.33. The molecule has 0 amide bonds. The molecule has 0 saturated heterocycles. The van der Waals surface area contributed by atoms with E-state index in [1.54, 1.807) is 0 Å². The first-order valence-corrected chi connectivity index (χ1v) is 30.4. The number of anilines is 12. The molecule has 0 spiro atoms. The Morgan fingerprint density at radius 2 is 0.761 bits per heavy atom. The molecular formula is C80H51BN6S. The quantitative estimate of drug-likeness (QED) is 0.120. The Morgan fingerprint density at radius 1 is 0.330 bits per heavy atom. The summed E-state index contributed by atoms with van der Waals surface area (Å²) in [6.07, 6.45) is 0. The van der Waals surface area contributed by atoms with E-state index in [4.69, 9.17) is 0 Å². The van der Waals surface area contributed by atoms with Gasteiger partial charge in [-0.15, -0.1) is 11.3 Å². The number of thiophene rings is 1. The molecule has 16 rings (SSSR count). The van der Waals surface area contributed by atoms with Gasteiger partial charge in [-0.05, 0) is 160 Å². The van der Waals surface area contributed by atoms with Crippen molar-refractivity contribution in [3.63, 3.8) is 0 Å². The average molecular weight is 1140 g/mol. The smallest absolute Gasteiger partial charge is 0.254 e. The van der Waals surface area contributed by atoms with E-state index in [2.05, 4.69) is 305 Å². The molecule has 3 heterocycles. The highest BCUT2D eigenvalue weighted by atomic mass is 32.1. The molecule has 0 N–H and O–H groups in total. The van der Waals surface area contributed by atoms with Gasteiger partial charge in [-0.25, -0.2) is 0 Å². The molecule has 13 aromatic carbocycles. The maximum absolute atomic E-state index is 10.2. The van der Waals surface area contributed by atoms with Crippen molar-refractivity contribution in [3.05, 3.63) is 321 Å². The molecule has 1 aromatic heterocycles. The fourth-order valence-electron chi connectivity index (χ4n) is 13.4. The first kappa shape index (κ1) is 51.9. The molecule has 0 saturated carbocycles. The second-order valence-electron chi connectivity index (χ2n) is 22.2. The van der Waals surface area contributed by atoms with Crippen LogP contribution in [0.25, 0.3) is 53.6 Å². The van der Waals surface area contributed by atoms with Gasteiger partial charge in [0.1, 0.15) is 0 Å². The Balaban J connectivity index is 1.08. The Bertz CT molecular complexity index is 5050. The lowest BCUT2D eigenvalue weighted by molar-refractivity contribution is 1.24. The second-order valence-corrected chi connectivity index (χ2v) is 23.2. The zero-order chi connectivity index (χ0) is 58.7. The molecule has 88 heavy (non-hydrogen) atoms. The van der Waals surface area contributed by atoms with Crippen LogP contribution >= 0.6 is 11.3 Å². The van der Waals surface area contributed by atoms with Crippen LogP contribution in [0.4, 0.5) is 68.2 Å². The number of para-hydroxylation sites is 4.